The first-order chi connectivity index (χ1) is 9.78. The van der Waals surface area contributed by atoms with E-state index in [1.54, 1.807) is 18.9 Å². The zero-order chi connectivity index (χ0) is 14.2. The van der Waals surface area contributed by atoms with E-state index in [0.717, 1.165) is 17.3 Å². The summed E-state index contributed by atoms with van der Waals surface area (Å²) in [6, 6.07) is 17.9. The van der Waals surface area contributed by atoms with E-state index in [9.17, 15) is 0 Å². The standard InChI is InChI=1S/C16H18O2S2/c1-17-13-7-9-16(10-8-13)20-12-15(19)11-18-14-5-3-2-4-6-14/h2-10,15,19H,11-12H2,1H3. The van der Waals surface area contributed by atoms with Crippen LogP contribution < -0.4 is 9.47 Å². The van der Waals surface area contributed by atoms with Crippen LogP contribution in [0.1, 0.15) is 0 Å². The maximum absolute atomic E-state index is 5.68. The van der Waals surface area contributed by atoms with Crippen LogP contribution in [0.3, 0.4) is 0 Å². The molecule has 0 bridgehead atoms. The first kappa shape index (κ1) is 15.1. The van der Waals surface area contributed by atoms with Crippen LogP contribution in [0.25, 0.3) is 0 Å². The highest BCUT2D eigenvalue weighted by atomic mass is 32.2. The first-order valence-electron chi connectivity index (χ1n) is 6.40. The minimum Gasteiger partial charge on any atom is -0.497 e. The van der Waals surface area contributed by atoms with Crippen molar-refractivity contribution >= 4 is 24.4 Å². The summed E-state index contributed by atoms with van der Waals surface area (Å²) in [5, 5.41) is 0.197. The number of para-hydroxylation sites is 1. The van der Waals surface area contributed by atoms with Gasteiger partial charge in [0.1, 0.15) is 18.1 Å². The molecular formula is C16H18O2S2. The summed E-state index contributed by atoms with van der Waals surface area (Å²) in [5.41, 5.74) is 0. The zero-order valence-corrected chi connectivity index (χ0v) is 13.1. The van der Waals surface area contributed by atoms with Gasteiger partial charge >= 0.3 is 0 Å². The second kappa shape index (κ2) is 8.12. The number of hydrogen-bond donors (Lipinski definition) is 1. The molecule has 0 aliphatic carbocycles. The van der Waals surface area contributed by atoms with Gasteiger partial charge in [-0.2, -0.15) is 12.6 Å². The average molecular weight is 306 g/mol. The molecule has 2 nitrogen and oxygen atoms in total. The topological polar surface area (TPSA) is 18.5 Å². The lowest BCUT2D eigenvalue weighted by molar-refractivity contribution is 0.324. The molecule has 1 unspecified atom stereocenters. The molecule has 0 spiro atoms. The molecule has 0 aromatic heterocycles. The minimum atomic E-state index is 0.197. The molecule has 0 amide bonds. The predicted octanol–water partition coefficient (Wildman–Crippen LogP) is 4.16. The summed E-state index contributed by atoms with van der Waals surface area (Å²) >= 11 is 6.33. The third-order valence-corrected chi connectivity index (χ3v) is 4.44. The van der Waals surface area contributed by atoms with Crippen LogP contribution in [0.4, 0.5) is 0 Å². The smallest absolute Gasteiger partial charge is 0.119 e. The molecule has 0 saturated heterocycles. The van der Waals surface area contributed by atoms with Gasteiger partial charge in [0, 0.05) is 15.9 Å². The zero-order valence-electron chi connectivity index (χ0n) is 11.4. The normalized spacial score (nSPS) is 11.9. The van der Waals surface area contributed by atoms with E-state index in [2.05, 4.69) is 24.8 Å². The Morgan fingerprint density at radius 2 is 1.70 bits per heavy atom. The van der Waals surface area contributed by atoms with Crippen molar-refractivity contribution in [1.29, 1.82) is 0 Å². The minimum absolute atomic E-state index is 0.197. The average Bonchev–Trinajstić information content (AvgIpc) is 2.52. The molecule has 2 aromatic rings. The Labute approximate surface area is 129 Å². The summed E-state index contributed by atoms with van der Waals surface area (Å²) in [7, 11) is 1.67. The van der Waals surface area contributed by atoms with Gasteiger partial charge in [-0.1, -0.05) is 18.2 Å². The van der Waals surface area contributed by atoms with E-state index in [0.29, 0.717) is 6.61 Å². The molecule has 0 N–H and O–H groups in total. The quantitative estimate of drug-likeness (QED) is 0.612. The fourth-order valence-electron chi connectivity index (χ4n) is 1.62. The van der Waals surface area contributed by atoms with Crippen molar-refractivity contribution in [3.63, 3.8) is 0 Å². The maximum Gasteiger partial charge on any atom is 0.119 e. The van der Waals surface area contributed by atoms with Crippen LogP contribution in [-0.2, 0) is 0 Å². The Morgan fingerprint density at radius 3 is 2.35 bits per heavy atom. The van der Waals surface area contributed by atoms with E-state index in [4.69, 9.17) is 9.47 Å². The van der Waals surface area contributed by atoms with Gasteiger partial charge in [-0.05, 0) is 36.4 Å². The van der Waals surface area contributed by atoms with Gasteiger partial charge in [0.05, 0.1) is 7.11 Å². The molecule has 0 fully saturated rings. The summed E-state index contributed by atoms with van der Waals surface area (Å²) in [6.45, 7) is 0.607. The van der Waals surface area contributed by atoms with E-state index in [-0.39, 0.29) is 5.25 Å². The molecule has 106 valence electrons. The number of methoxy groups -OCH3 is 1. The second-order valence-electron chi connectivity index (χ2n) is 4.26. The highest BCUT2D eigenvalue weighted by Gasteiger charge is 2.05. The number of hydrogen-bond acceptors (Lipinski definition) is 4. The Balaban J connectivity index is 1.73. The van der Waals surface area contributed by atoms with Crippen LogP contribution in [0.2, 0.25) is 0 Å². The first-order valence-corrected chi connectivity index (χ1v) is 7.91. The van der Waals surface area contributed by atoms with E-state index in [1.165, 1.54) is 4.90 Å². The Morgan fingerprint density at radius 1 is 1.00 bits per heavy atom. The van der Waals surface area contributed by atoms with Crippen LogP contribution in [0.15, 0.2) is 59.5 Å². The summed E-state index contributed by atoms with van der Waals surface area (Å²) in [6.07, 6.45) is 0. The van der Waals surface area contributed by atoms with Gasteiger partial charge in [0.25, 0.3) is 0 Å². The molecule has 4 heteroatoms. The molecule has 0 aliphatic rings. The van der Waals surface area contributed by atoms with Gasteiger partial charge < -0.3 is 9.47 Å². The van der Waals surface area contributed by atoms with Crippen LogP contribution in [0, 0.1) is 0 Å². The van der Waals surface area contributed by atoms with Crippen molar-refractivity contribution in [2.24, 2.45) is 0 Å². The van der Waals surface area contributed by atoms with E-state index < -0.39 is 0 Å². The lowest BCUT2D eigenvalue weighted by Gasteiger charge is -2.12. The molecule has 2 aromatic carbocycles. The Bertz CT molecular complexity index is 500. The predicted molar refractivity (Wildman–Crippen MR) is 88.4 cm³/mol. The molecule has 0 heterocycles. The van der Waals surface area contributed by atoms with Crippen molar-refractivity contribution in [2.45, 2.75) is 10.1 Å². The van der Waals surface area contributed by atoms with Gasteiger partial charge in [-0.25, -0.2) is 0 Å². The number of thiol groups is 1. The molecule has 0 aliphatic heterocycles. The molecule has 0 saturated carbocycles. The van der Waals surface area contributed by atoms with Crippen molar-refractivity contribution in [2.75, 3.05) is 19.5 Å². The monoisotopic (exact) mass is 306 g/mol. The molecule has 20 heavy (non-hydrogen) atoms. The summed E-state index contributed by atoms with van der Waals surface area (Å²) in [4.78, 5) is 1.21. The second-order valence-corrected chi connectivity index (χ2v) is 6.09. The fourth-order valence-corrected chi connectivity index (χ4v) is 2.73. The third kappa shape index (κ3) is 5.02. The summed E-state index contributed by atoms with van der Waals surface area (Å²) < 4.78 is 10.8. The third-order valence-electron chi connectivity index (χ3n) is 2.69. The largest absolute Gasteiger partial charge is 0.497 e. The van der Waals surface area contributed by atoms with Crippen molar-refractivity contribution < 1.29 is 9.47 Å². The number of rotatable bonds is 7. The lowest BCUT2D eigenvalue weighted by atomic mass is 10.3. The van der Waals surface area contributed by atoms with Crippen molar-refractivity contribution in [3.05, 3.63) is 54.6 Å². The SMILES string of the molecule is COc1ccc(SCC(S)COc2ccccc2)cc1. The number of thioether (sulfide) groups is 1. The highest BCUT2D eigenvalue weighted by Crippen LogP contribution is 2.23. The fraction of sp³-hybridized carbons (Fsp3) is 0.250. The number of benzene rings is 2. The Hall–Kier alpha value is -1.26. The van der Waals surface area contributed by atoms with Gasteiger partial charge in [-0.3, -0.25) is 0 Å². The van der Waals surface area contributed by atoms with Crippen molar-refractivity contribution in [1.82, 2.24) is 0 Å². The molecule has 0 radical (unpaired) electrons. The van der Waals surface area contributed by atoms with E-state index >= 15 is 0 Å². The van der Waals surface area contributed by atoms with E-state index in [1.807, 2.05) is 42.5 Å². The molecule has 2 rings (SSSR count). The van der Waals surface area contributed by atoms with Gasteiger partial charge in [-0.15, -0.1) is 11.8 Å². The van der Waals surface area contributed by atoms with Crippen LogP contribution in [0.5, 0.6) is 11.5 Å². The Kier molecular flexibility index (Phi) is 6.15. The van der Waals surface area contributed by atoms with Crippen molar-refractivity contribution in [3.8, 4) is 11.5 Å². The highest BCUT2D eigenvalue weighted by molar-refractivity contribution is 8.00. The lowest BCUT2D eigenvalue weighted by Crippen LogP contribution is -2.14. The van der Waals surface area contributed by atoms with Gasteiger partial charge in [0.2, 0.25) is 0 Å². The molecule has 1 atom stereocenters. The maximum atomic E-state index is 5.68. The number of ether oxygens (including phenoxy) is 2. The molecular weight excluding hydrogens is 288 g/mol. The van der Waals surface area contributed by atoms with Crippen LogP contribution >= 0.6 is 24.4 Å². The van der Waals surface area contributed by atoms with Gasteiger partial charge in [0.15, 0.2) is 0 Å². The summed E-state index contributed by atoms with van der Waals surface area (Å²) in [5.74, 6) is 2.67. The van der Waals surface area contributed by atoms with Crippen LogP contribution in [-0.4, -0.2) is 24.7 Å².